The third-order valence-corrected chi connectivity index (χ3v) is 11.1. The normalized spacial score (nSPS) is 10.5. The van der Waals surface area contributed by atoms with Gasteiger partial charge in [0.2, 0.25) is 17.1 Å². The summed E-state index contributed by atoms with van der Waals surface area (Å²) in [6.07, 6.45) is 7.99. The van der Waals surface area contributed by atoms with Crippen LogP contribution in [0.4, 0.5) is 14.5 Å². The van der Waals surface area contributed by atoms with Gasteiger partial charge in [0.25, 0.3) is 0 Å². The van der Waals surface area contributed by atoms with Gasteiger partial charge in [0.15, 0.2) is 5.69 Å². The number of anilines is 1. The fourth-order valence-electron chi connectivity index (χ4n) is 7.21. The highest BCUT2D eigenvalue weighted by molar-refractivity contribution is 5.75. The lowest BCUT2D eigenvalue weighted by Crippen LogP contribution is -3.00. The third kappa shape index (κ3) is 13.7. The fourth-order valence-corrected chi connectivity index (χ4v) is 7.21. The molecule has 0 atom stereocenters. The molecule has 7 aromatic rings. The molecule has 0 unspecified atom stereocenters. The number of aromatic nitrogens is 2. The number of rotatable bonds is 14. The number of halogens is 4. The van der Waals surface area contributed by atoms with E-state index >= 15 is 0 Å². The van der Waals surface area contributed by atoms with E-state index in [-0.39, 0.29) is 59.6 Å². The first-order chi connectivity index (χ1) is 30.1. The highest BCUT2D eigenvalue weighted by atomic mass is 127. The van der Waals surface area contributed by atoms with Crippen molar-refractivity contribution in [2.24, 2.45) is 14.1 Å². The molecule has 0 radical (unpaired) electrons. The van der Waals surface area contributed by atoms with Crippen LogP contribution in [0.1, 0.15) is 42.6 Å². The minimum atomic E-state index is -0.249. The predicted molar refractivity (Wildman–Crippen MR) is 247 cm³/mol. The van der Waals surface area contributed by atoms with Gasteiger partial charge in [-0.05, 0) is 132 Å². The molecule has 330 valence electrons. The van der Waals surface area contributed by atoms with E-state index in [1.54, 1.807) is 14.2 Å². The first kappa shape index (κ1) is 51.0. The quantitative estimate of drug-likeness (QED) is 0.0764. The lowest BCUT2D eigenvalue weighted by Gasteiger charge is -2.19. The van der Waals surface area contributed by atoms with E-state index in [0.29, 0.717) is 6.42 Å². The van der Waals surface area contributed by atoms with Crippen molar-refractivity contribution in [2.45, 2.75) is 32.6 Å². The average Bonchev–Trinajstić information content (AvgIpc) is 3.30. The van der Waals surface area contributed by atoms with Gasteiger partial charge in [-0.15, -0.1) is 0 Å². The van der Waals surface area contributed by atoms with E-state index in [2.05, 4.69) is 107 Å². The van der Waals surface area contributed by atoms with Crippen LogP contribution in [0.3, 0.4) is 0 Å². The zero-order valence-corrected chi connectivity index (χ0v) is 41.5. The van der Waals surface area contributed by atoms with Gasteiger partial charge >= 0.3 is 0 Å². The molecular weight excluding hydrogens is 1030 g/mol. The molecule has 0 fully saturated rings. The lowest BCUT2D eigenvalue weighted by atomic mass is 10.0. The summed E-state index contributed by atoms with van der Waals surface area (Å²) in [5.74, 6) is 1.18. The zero-order valence-electron chi connectivity index (χ0n) is 37.2. The summed E-state index contributed by atoms with van der Waals surface area (Å²) in [7, 11) is 9.48. The molecule has 2 heterocycles. The van der Waals surface area contributed by atoms with Crippen molar-refractivity contribution in [3.63, 3.8) is 0 Å². The Bertz CT molecular complexity index is 2630. The van der Waals surface area contributed by atoms with Gasteiger partial charge < -0.3 is 62.3 Å². The second-order valence-electron chi connectivity index (χ2n) is 15.2. The maximum atomic E-state index is 13.6. The standard InChI is InChI=1S/C34H35FN3O.C20H19FNO.2HI/c1-37(23-7-5-4-6-22-36)31-17-8-26(9-18-31)10-19-32-24-29(27-13-20-33(39-3)21-14-27)25-34(38(32)2)28-11-15-30(35)16-12-28;1-14-12-17(15-6-10-19(23-3)11-7-15)13-20(22(14)2)16-4-8-18(21)9-5-16;;/h8-21,24-25H,4-7,23H2,1-3H3;4-13H,1-3H3;2*1H/q2*+1;;/p-2. The smallest absolute Gasteiger partial charge is 0.213 e. The third-order valence-electron chi connectivity index (χ3n) is 11.1. The Morgan fingerprint density at radius 1 is 0.562 bits per heavy atom. The van der Waals surface area contributed by atoms with Gasteiger partial charge in [-0.3, -0.25) is 0 Å². The summed E-state index contributed by atoms with van der Waals surface area (Å²) in [6.45, 7) is 3.04. The number of hydrogen-bond donors (Lipinski definition) is 0. The minimum Gasteiger partial charge on any atom is -1.00 e. The van der Waals surface area contributed by atoms with Gasteiger partial charge in [0.1, 0.15) is 37.2 Å². The molecule has 0 spiro atoms. The summed E-state index contributed by atoms with van der Waals surface area (Å²) in [4.78, 5) is 2.26. The number of hydrogen-bond acceptors (Lipinski definition) is 4. The Hall–Kier alpha value is -5.65. The van der Waals surface area contributed by atoms with Crippen LogP contribution in [0, 0.1) is 29.9 Å². The molecule has 0 saturated carbocycles. The number of ether oxygens (including phenoxy) is 2. The Labute approximate surface area is 411 Å². The van der Waals surface area contributed by atoms with Crippen molar-refractivity contribution in [3.8, 4) is 62.3 Å². The number of nitriles is 1. The van der Waals surface area contributed by atoms with Crippen molar-refractivity contribution in [2.75, 3.05) is 32.7 Å². The molecule has 0 N–H and O–H groups in total. The summed E-state index contributed by atoms with van der Waals surface area (Å²) in [5, 5.41) is 8.68. The Morgan fingerprint density at radius 3 is 1.52 bits per heavy atom. The van der Waals surface area contributed by atoms with Gasteiger partial charge in [-0.1, -0.05) is 42.8 Å². The van der Waals surface area contributed by atoms with Gasteiger partial charge in [0, 0.05) is 74.1 Å². The molecule has 10 heteroatoms. The largest absolute Gasteiger partial charge is 1.00 e. The molecule has 5 aromatic carbocycles. The molecule has 0 aliphatic rings. The van der Waals surface area contributed by atoms with Crippen LogP contribution < -0.4 is 71.5 Å². The molecule has 0 aliphatic heterocycles. The second-order valence-corrected chi connectivity index (χ2v) is 15.2. The summed E-state index contributed by atoms with van der Waals surface area (Å²) < 4.78 is 41.6. The second kappa shape index (κ2) is 25.0. The van der Waals surface area contributed by atoms with Gasteiger partial charge in [-0.2, -0.15) is 14.4 Å². The highest BCUT2D eigenvalue weighted by Gasteiger charge is 2.18. The topological polar surface area (TPSA) is 53.3 Å². The lowest BCUT2D eigenvalue weighted by molar-refractivity contribution is -0.666. The molecule has 0 saturated heterocycles. The van der Waals surface area contributed by atoms with Gasteiger partial charge in [0.05, 0.1) is 20.3 Å². The van der Waals surface area contributed by atoms with Crippen LogP contribution >= 0.6 is 0 Å². The molecule has 6 nitrogen and oxygen atoms in total. The molecule has 0 aliphatic carbocycles. The molecular formula is C54H54F2I2N4O2. The molecule has 64 heavy (non-hydrogen) atoms. The Morgan fingerprint density at radius 2 is 1.03 bits per heavy atom. The van der Waals surface area contributed by atoms with E-state index in [1.165, 1.54) is 30.0 Å². The van der Waals surface area contributed by atoms with Crippen LogP contribution in [0.25, 0.3) is 56.9 Å². The maximum Gasteiger partial charge on any atom is 0.213 e. The Kier molecular flexibility index (Phi) is 19.9. The van der Waals surface area contributed by atoms with Crippen LogP contribution in [0.15, 0.2) is 146 Å². The van der Waals surface area contributed by atoms with Crippen LogP contribution in [0.5, 0.6) is 11.5 Å². The number of pyridine rings is 2. The highest BCUT2D eigenvalue weighted by Crippen LogP contribution is 2.29. The molecule has 2 aromatic heterocycles. The first-order valence-electron chi connectivity index (χ1n) is 20.8. The number of benzene rings is 5. The van der Waals surface area contributed by atoms with Crippen molar-refractivity contribution < 1.29 is 75.3 Å². The summed E-state index contributed by atoms with van der Waals surface area (Å²) in [6, 6.07) is 48.6. The van der Waals surface area contributed by atoms with Gasteiger partial charge in [-0.25, -0.2) is 8.78 Å². The van der Waals surface area contributed by atoms with E-state index in [1.807, 2.05) is 74.8 Å². The molecule has 0 bridgehead atoms. The number of methoxy groups -OCH3 is 2. The number of nitrogens with zero attached hydrogens (tertiary/aromatic N) is 4. The van der Waals surface area contributed by atoms with E-state index < -0.39 is 0 Å². The monoisotopic (exact) mass is 1080 g/mol. The van der Waals surface area contributed by atoms with E-state index in [4.69, 9.17) is 14.7 Å². The summed E-state index contributed by atoms with van der Waals surface area (Å²) >= 11 is 0. The van der Waals surface area contributed by atoms with Crippen molar-refractivity contribution in [1.29, 1.82) is 5.26 Å². The van der Waals surface area contributed by atoms with Crippen LogP contribution in [0.2, 0.25) is 0 Å². The zero-order chi connectivity index (χ0) is 44.0. The molecule has 0 amide bonds. The van der Waals surface area contributed by atoms with Crippen molar-refractivity contribution >= 4 is 17.8 Å². The summed E-state index contributed by atoms with van der Waals surface area (Å²) in [5.41, 5.74) is 12.8. The fraction of sp³-hybridized carbons (Fsp3) is 0.204. The van der Waals surface area contributed by atoms with Crippen LogP contribution in [-0.2, 0) is 14.1 Å². The SMILES string of the molecule is COc1ccc(-c2cc(/C=C/c3ccc(N(C)CCCCCC#N)cc3)[n+](C)c(-c3ccc(F)cc3)c2)cc1.COc1ccc(-c2cc(C)[n+](C)c(-c3ccc(F)cc3)c2)cc1.[I-].[I-]. The Balaban J connectivity index is 0.000000307. The first-order valence-corrected chi connectivity index (χ1v) is 20.8. The average molecular weight is 1080 g/mol. The minimum absolute atomic E-state index is 0. The van der Waals surface area contributed by atoms with E-state index in [0.717, 1.165) is 99.0 Å². The van der Waals surface area contributed by atoms with E-state index in [9.17, 15) is 8.78 Å². The van der Waals surface area contributed by atoms with Crippen molar-refractivity contribution in [3.05, 3.63) is 174 Å². The molecule has 7 rings (SSSR count). The van der Waals surface area contributed by atoms with Crippen molar-refractivity contribution in [1.82, 2.24) is 0 Å². The van der Waals surface area contributed by atoms with Crippen LogP contribution in [-0.4, -0.2) is 27.8 Å². The maximum absolute atomic E-state index is 13.6. The number of unbranched alkanes of at least 4 members (excludes halogenated alkanes) is 3. The predicted octanol–water partition coefficient (Wildman–Crippen LogP) is 5.99. The number of aryl methyl sites for hydroxylation is 1.